The Labute approximate surface area is 245 Å². The Morgan fingerprint density at radius 3 is 2.17 bits per heavy atom. The molecule has 0 saturated heterocycles. The number of rotatable bonds is 7. The van der Waals surface area contributed by atoms with E-state index >= 15 is 0 Å². The van der Waals surface area contributed by atoms with Crippen LogP contribution in [-0.2, 0) is 37.3 Å². The van der Waals surface area contributed by atoms with Gasteiger partial charge in [-0.1, -0.05) is 12.2 Å². The number of ether oxygens (including phenoxy) is 1. The van der Waals surface area contributed by atoms with Crippen LogP contribution in [0.15, 0.2) is 102 Å². The largest absolute Gasteiger partial charge is 0.509 e. The monoisotopic (exact) mass is 652 g/mol. The van der Waals surface area contributed by atoms with Crippen LogP contribution < -0.4 is 10.5 Å². The molecule has 0 fully saturated rings. The summed E-state index contributed by atoms with van der Waals surface area (Å²) in [5.41, 5.74) is 6.93. The molecule has 0 aromatic heterocycles. The van der Waals surface area contributed by atoms with Crippen molar-refractivity contribution in [3.63, 3.8) is 0 Å². The summed E-state index contributed by atoms with van der Waals surface area (Å²) in [5, 5.41) is 37.4. The molecule has 41 heavy (non-hydrogen) atoms. The predicted octanol–water partition coefficient (Wildman–Crippen LogP) is 5.00. The fraction of sp³-hybridized carbons (Fsp3) is 0.167. The van der Waals surface area contributed by atoms with Gasteiger partial charge in [-0.25, -0.2) is 0 Å². The fourth-order valence-electron chi connectivity index (χ4n) is 4.12. The zero-order valence-corrected chi connectivity index (χ0v) is 23.7. The fourth-order valence-corrected chi connectivity index (χ4v) is 5.66. The second-order valence-electron chi connectivity index (χ2n) is 8.71. The third-order valence-corrected chi connectivity index (χ3v) is 7.79. The van der Waals surface area contributed by atoms with Crippen molar-refractivity contribution < 1.29 is 58.0 Å². The van der Waals surface area contributed by atoms with Crippen LogP contribution in [0, 0.1) is 11.8 Å². The quantitative estimate of drug-likeness (QED) is 0.116. The van der Waals surface area contributed by atoms with Crippen LogP contribution in [0.4, 0.5) is 22.7 Å². The van der Waals surface area contributed by atoms with E-state index in [0.717, 1.165) is 6.08 Å². The first-order chi connectivity index (χ1) is 18.7. The standard InChI is InChI=1S/C24H23N5O9S2.Cu/c1-12-7-13-8-16(39(32,33)34)11-21(40(35,36)37)22(13)24(31)23(12)29-27-17-5-4-15(10-19(17)30)26-28-18-9-14(25)3-6-20(18)38-2;/h3-11,13,22,30-31H,25H2,1-2H3,(H,32,33,34)(H,35,36,37);. The van der Waals surface area contributed by atoms with Gasteiger partial charge >= 0.3 is 0 Å². The molecule has 1 radical (unpaired) electrons. The first-order valence-corrected chi connectivity index (χ1v) is 14.2. The minimum atomic E-state index is -5.00. The van der Waals surface area contributed by atoms with Gasteiger partial charge in [-0.15, -0.1) is 15.3 Å². The molecule has 17 heteroatoms. The molecule has 4 rings (SSSR count). The van der Waals surface area contributed by atoms with E-state index in [0.29, 0.717) is 23.2 Å². The maximum atomic E-state index is 12.0. The van der Waals surface area contributed by atoms with Crippen molar-refractivity contribution >= 4 is 43.0 Å². The van der Waals surface area contributed by atoms with Gasteiger partial charge in [0.05, 0.1) is 28.5 Å². The van der Waals surface area contributed by atoms with Crippen LogP contribution in [0.3, 0.4) is 0 Å². The molecule has 2 unspecified atom stereocenters. The van der Waals surface area contributed by atoms with Crippen LogP contribution in [0.25, 0.3) is 0 Å². The summed E-state index contributed by atoms with van der Waals surface area (Å²) < 4.78 is 71.6. The summed E-state index contributed by atoms with van der Waals surface area (Å²) in [6.45, 7) is 1.50. The molecule has 0 spiro atoms. The molecule has 0 bridgehead atoms. The SMILES string of the molecule is COc1ccc(N)cc1N=Nc1ccc(N=NC2=C(O)C3C(S(=O)(=O)O)=CC(S(=O)(=O)O)=CC3C=C2C)c(O)c1.[Cu]. The van der Waals surface area contributed by atoms with Gasteiger partial charge in [0.15, 0.2) is 0 Å². The Morgan fingerprint density at radius 2 is 1.56 bits per heavy atom. The van der Waals surface area contributed by atoms with Gasteiger partial charge in [0.2, 0.25) is 0 Å². The van der Waals surface area contributed by atoms with Crippen molar-refractivity contribution in [1.82, 2.24) is 0 Å². The van der Waals surface area contributed by atoms with Crippen molar-refractivity contribution in [2.75, 3.05) is 12.8 Å². The van der Waals surface area contributed by atoms with Crippen molar-refractivity contribution in [3.8, 4) is 11.5 Å². The summed E-state index contributed by atoms with van der Waals surface area (Å²) in [7, 11) is -8.34. The second-order valence-corrected chi connectivity index (χ2v) is 11.6. The van der Waals surface area contributed by atoms with E-state index in [4.69, 9.17) is 10.5 Å². The van der Waals surface area contributed by atoms with E-state index in [-0.39, 0.29) is 45.5 Å². The first kappa shape index (κ1) is 31.7. The number of aromatic hydroxyl groups is 1. The van der Waals surface area contributed by atoms with E-state index < -0.39 is 47.6 Å². The Balaban J connectivity index is 0.00000462. The predicted molar refractivity (Wildman–Crippen MR) is 144 cm³/mol. The van der Waals surface area contributed by atoms with Crippen LogP contribution >= 0.6 is 0 Å². The zero-order chi connectivity index (χ0) is 29.4. The smallest absolute Gasteiger partial charge is 0.294 e. The molecule has 2 aromatic carbocycles. The van der Waals surface area contributed by atoms with Crippen LogP contribution in [0.2, 0.25) is 0 Å². The van der Waals surface area contributed by atoms with Gasteiger partial charge in [-0.3, -0.25) is 9.11 Å². The molecular formula is C24H23CuN5O9S2. The van der Waals surface area contributed by atoms with Gasteiger partial charge in [0.25, 0.3) is 20.2 Å². The van der Waals surface area contributed by atoms with Crippen molar-refractivity contribution in [1.29, 1.82) is 0 Å². The van der Waals surface area contributed by atoms with Gasteiger partial charge in [0, 0.05) is 34.7 Å². The molecule has 0 amide bonds. The van der Waals surface area contributed by atoms with Gasteiger partial charge < -0.3 is 20.7 Å². The van der Waals surface area contributed by atoms with E-state index in [9.17, 15) is 36.2 Å². The Morgan fingerprint density at radius 1 is 0.878 bits per heavy atom. The number of nitrogens with two attached hydrogens (primary N) is 1. The van der Waals surface area contributed by atoms with E-state index in [1.54, 1.807) is 18.2 Å². The van der Waals surface area contributed by atoms with Gasteiger partial charge in [0.1, 0.15) is 34.3 Å². The average Bonchev–Trinajstić information content (AvgIpc) is 2.86. The molecule has 2 aliphatic carbocycles. The summed E-state index contributed by atoms with van der Waals surface area (Å²) in [6, 6.07) is 8.94. The Bertz CT molecular complexity index is 1800. The number of nitrogens with zero attached hydrogens (tertiary/aromatic N) is 4. The third kappa shape index (κ3) is 6.90. The average molecular weight is 653 g/mol. The van der Waals surface area contributed by atoms with Gasteiger partial charge in [-0.2, -0.15) is 21.9 Å². The number of phenols is 1. The number of hydrogen-bond donors (Lipinski definition) is 5. The molecule has 2 aromatic rings. The van der Waals surface area contributed by atoms with Crippen LogP contribution in [0.5, 0.6) is 11.5 Å². The minimum Gasteiger partial charge on any atom is -0.509 e. The number of anilines is 1. The Kier molecular flexibility index (Phi) is 9.22. The molecule has 14 nitrogen and oxygen atoms in total. The summed E-state index contributed by atoms with van der Waals surface area (Å²) in [6.07, 6.45) is 3.00. The van der Waals surface area contributed by atoms with E-state index in [2.05, 4.69) is 20.5 Å². The number of benzene rings is 2. The van der Waals surface area contributed by atoms with Gasteiger partial charge in [-0.05, 0) is 48.9 Å². The van der Waals surface area contributed by atoms with Crippen LogP contribution in [0.1, 0.15) is 6.92 Å². The van der Waals surface area contributed by atoms with Crippen LogP contribution in [-0.4, -0.2) is 43.3 Å². The molecule has 0 heterocycles. The number of methoxy groups -OCH3 is 1. The van der Waals surface area contributed by atoms with E-state index in [1.807, 2.05) is 0 Å². The minimum absolute atomic E-state index is 0. The summed E-state index contributed by atoms with van der Waals surface area (Å²) in [5.74, 6) is -3.00. The topological polar surface area (TPSA) is 234 Å². The molecule has 0 aliphatic heterocycles. The second kappa shape index (κ2) is 11.9. The number of nitrogen functional groups attached to an aromatic ring is 1. The van der Waals surface area contributed by atoms with Crippen molar-refractivity contribution in [2.24, 2.45) is 32.3 Å². The van der Waals surface area contributed by atoms with Crippen molar-refractivity contribution in [2.45, 2.75) is 6.92 Å². The molecule has 2 atom stereocenters. The third-order valence-electron chi connectivity index (χ3n) is 5.97. The number of allylic oxidation sites excluding steroid dienone is 5. The number of hydrogen-bond acceptors (Lipinski definition) is 12. The van der Waals surface area contributed by atoms with Crippen molar-refractivity contribution in [3.05, 3.63) is 81.5 Å². The maximum absolute atomic E-state index is 12.0. The summed E-state index contributed by atoms with van der Waals surface area (Å²) >= 11 is 0. The normalized spacial score (nSPS) is 19.4. The molecule has 0 saturated carbocycles. The number of aliphatic hydroxyl groups excluding tert-OH is 1. The molecule has 221 valence electrons. The first-order valence-electron chi connectivity index (χ1n) is 11.3. The number of aliphatic hydroxyl groups is 1. The Hall–Kier alpha value is -3.86. The van der Waals surface area contributed by atoms with E-state index in [1.165, 1.54) is 38.3 Å². The zero-order valence-electron chi connectivity index (χ0n) is 21.2. The number of phenolic OH excluding ortho intramolecular Hbond substituents is 1. The number of fused-ring (bicyclic) bond motifs is 1. The number of azo groups is 2. The molecule has 6 N–H and O–H groups in total. The summed E-state index contributed by atoms with van der Waals surface area (Å²) in [4.78, 5) is -1.60. The molecular weight excluding hydrogens is 630 g/mol. The molecule has 2 aliphatic rings. The maximum Gasteiger partial charge on any atom is 0.294 e.